The zero-order valence-electron chi connectivity index (χ0n) is 17.1. The predicted octanol–water partition coefficient (Wildman–Crippen LogP) is 5.53. The molecule has 156 valence electrons. The molecule has 0 saturated carbocycles. The van der Waals surface area contributed by atoms with Gasteiger partial charge in [0.1, 0.15) is 0 Å². The molecule has 5 rings (SSSR count). The Kier molecular flexibility index (Phi) is 4.91. The fourth-order valence-electron chi connectivity index (χ4n) is 4.36. The number of amides is 2. The number of aromatic nitrogens is 1. The van der Waals surface area contributed by atoms with Gasteiger partial charge in [0.2, 0.25) is 11.8 Å². The average molecular weight is 432 g/mol. The van der Waals surface area contributed by atoms with Gasteiger partial charge in [-0.05, 0) is 48.4 Å². The summed E-state index contributed by atoms with van der Waals surface area (Å²) in [6.07, 6.45) is 1.15. The lowest BCUT2D eigenvalue weighted by atomic mass is 10.1. The van der Waals surface area contributed by atoms with Gasteiger partial charge in [0.15, 0.2) is 0 Å². The number of para-hydroxylation sites is 1. The largest absolute Gasteiger partial charge is 0.354 e. The summed E-state index contributed by atoms with van der Waals surface area (Å²) in [6, 6.07) is 19.3. The number of H-pyrrole nitrogens is 1. The second-order valence-electron chi connectivity index (χ2n) is 7.95. The molecule has 1 fully saturated rings. The molecule has 0 spiro atoms. The van der Waals surface area contributed by atoms with Crippen LogP contribution in [0.1, 0.15) is 18.9 Å². The summed E-state index contributed by atoms with van der Waals surface area (Å²) >= 11 is 5.94. The topological polar surface area (TPSA) is 65.2 Å². The van der Waals surface area contributed by atoms with Crippen molar-refractivity contribution in [3.8, 4) is 0 Å². The number of carbonyl (C=O) groups excluding carboxylic acids is 2. The normalized spacial score (nSPS) is 16.4. The summed E-state index contributed by atoms with van der Waals surface area (Å²) in [7, 11) is 0. The van der Waals surface area contributed by atoms with Crippen molar-refractivity contribution in [2.45, 2.75) is 19.8 Å². The molecule has 2 N–H and O–H groups in total. The molecule has 31 heavy (non-hydrogen) atoms. The van der Waals surface area contributed by atoms with Crippen LogP contribution in [0.5, 0.6) is 0 Å². The van der Waals surface area contributed by atoms with E-state index in [0.717, 1.165) is 34.2 Å². The number of fused-ring (bicyclic) bond motifs is 3. The highest BCUT2D eigenvalue weighted by Crippen LogP contribution is 2.31. The van der Waals surface area contributed by atoms with Crippen molar-refractivity contribution in [3.63, 3.8) is 0 Å². The first-order valence-corrected chi connectivity index (χ1v) is 10.8. The molecule has 6 heteroatoms. The molecule has 4 aromatic rings. The van der Waals surface area contributed by atoms with E-state index in [9.17, 15) is 9.59 Å². The Morgan fingerprint density at radius 1 is 1.13 bits per heavy atom. The number of anilines is 2. The maximum absolute atomic E-state index is 12.9. The third-order valence-corrected chi connectivity index (χ3v) is 6.25. The van der Waals surface area contributed by atoms with Crippen molar-refractivity contribution < 1.29 is 9.59 Å². The number of hydrogen-bond acceptors (Lipinski definition) is 2. The standard InChI is InChI=1S/C25H22ClN3O2/c1-2-15-4-3-5-21-20-11-8-18(13-22(20)28-24(15)21)27-25(31)16-12-23(30)29(14-16)19-9-6-17(26)7-10-19/h3-11,13,16,28H,2,12,14H2,1H3,(H,27,31). The minimum atomic E-state index is -0.395. The second kappa shape index (κ2) is 7.75. The summed E-state index contributed by atoms with van der Waals surface area (Å²) in [5.74, 6) is -0.594. The monoisotopic (exact) mass is 431 g/mol. The van der Waals surface area contributed by atoms with Crippen molar-refractivity contribution in [2.24, 2.45) is 5.92 Å². The Balaban J connectivity index is 1.36. The molecular formula is C25H22ClN3O2. The zero-order valence-corrected chi connectivity index (χ0v) is 17.9. The molecule has 3 aromatic carbocycles. The van der Waals surface area contributed by atoms with Crippen LogP contribution in [0.4, 0.5) is 11.4 Å². The highest BCUT2D eigenvalue weighted by atomic mass is 35.5. The third-order valence-electron chi connectivity index (χ3n) is 6.00. The second-order valence-corrected chi connectivity index (χ2v) is 8.39. The summed E-state index contributed by atoms with van der Waals surface area (Å²) < 4.78 is 0. The van der Waals surface area contributed by atoms with Gasteiger partial charge in [-0.1, -0.05) is 42.8 Å². The number of rotatable bonds is 4. The Labute approximate surface area is 185 Å². The van der Waals surface area contributed by atoms with Gasteiger partial charge in [-0.3, -0.25) is 9.59 Å². The molecule has 1 aliphatic heterocycles. The first-order chi connectivity index (χ1) is 15.0. The van der Waals surface area contributed by atoms with Gasteiger partial charge in [0.05, 0.1) is 5.92 Å². The lowest BCUT2D eigenvalue weighted by Gasteiger charge is -2.16. The summed E-state index contributed by atoms with van der Waals surface area (Å²) in [5.41, 5.74) is 4.88. The highest BCUT2D eigenvalue weighted by molar-refractivity contribution is 6.30. The quantitative estimate of drug-likeness (QED) is 0.446. The molecule has 0 aliphatic carbocycles. The zero-order chi connectivity index (χ0) is 21.5. The maximum Gasteiger partial charge on any atom is 0.229 e. The number of halogens is 1. The lowest BCUT2D eigenvalue weighted by Crippen LogP contribution is -2.28. The Hall–Kier alpha value is -3.31. The van der Waals surface area contributed by atoms with Crippen molar-refractivity contribution in [1.82, 2.24) is 4.98 Å². The summed E-state index contributed by atoms with van der Waals surface area (Å²) in [5, 5.41) is 5.93. The highest BCUT2D eigenvalue weighted by Gasteiger charge is 2.35. The molecule has 0 radical (unpaired) electrons. The van der Waals surface area contributed by atoms with Gasteiger partial charge in [0, 0.05) is 51.2 Å². The van der Waals surface area contributed by atoms with Crippen LogP contribution in [0.3, 0.4) is 0 Å². The first kappa shape index (κ1) is 19.6. The van der Waals surface area contributed by atoms with Crippen LogP contribution in [0.15, 0.2) is 60.7 Å². The third kappa shape index (κ3) is 3.55. The van der Waals surface area contributed by atoms with E-state index >= 15 is 0 Å². The van der Waals surface area contributed by atoms with Gasteiger partial charge in [-0.25, -0.2) is 0 Å². The number of aryl methyl sites for hydroxylation is 1. The van der Waals surface area contributed by atoms with Gasteiger partial charge in [-0.2, -0.15) is 0 Å². The average Bonchev–Trinajstić information content (AvgIpc) is 3.34. The molecule has 1 aromatic heterocycles. The molecule has 0 bridgehead atoms. The van der Waals surface area contributed by atoms with E-state index < -0.39 is 5.92 Å². The molecule has 2 heterocycles. The Bertz CT molecular complexity index is 1310. The minimum absolute atomic E-state index is 0.0550. The predicted molar refractivity (Wildman–Crippen MR) is 126 cm³/mol. The fourth-order valence-corrected chi connectivity index (χ4v) is 4.49. The molecular weight excluding hydrogens is 410 g/mol. The van der Waals surface area contributed by atoms with Gasteiger partial charge >= 0.3 is 0 Å². The lowest BCUT2D eigenvalue weighted by molar-refractivity contribution is -0.122. The van der Waals surface area contributed by atoms with Gasteiger partial charge in [0.25, 0.3) is 0 Å². The van der Waals surface area contributed by atoms with Gasteiger partial charge < -0.3 is 15.2 Å². The van der Waals surface area contributed by atoms with Crippen LogP contribution >= 0.6 is 11.6 Å². The van der Waals surface area contributed by atoms with Crippen LogP contribution < -0.4 is 10.2 Å². The van der Waals surface area contributed by atoms with Crippen LogP contribution in [-0.2, 0) is 16.0 Å². The SMILES string of the molecule is CCc1cccc2c1[nH]c1cc(NC(=O)C3CC(=O)N(c4ccc(Cl)cc4)C3)ccc12. The first-order valence-electron chi connectivity index (χ1n) is 10.4. The van der Waals surface area contributed by atoms with Crippen LogP contribution in [0.2, 0.25) is 5.02 Å². The van der Waals surface area contributed by atoms with Crippen LogP contribution in [-0.4, -0.2) is 23.3 Å². The van der Waals surface area contributed by atoms with E-state index in [1.54, 1.807) is 29.2 Å². The number of aromatic amines is 1. The van der Waals surface area contributed by atoms with Crippen molar-refractivity contribution in [3.05, 3.63) is 71.2 Å². The van der Waals surface area contributed by atoms with Gasteiger partial charge in [-0.15, -0.1) is 0 Å². The van der Waals surface area contributed by atoms with E-state index in [2.05, 4.69) is 35.4 Å². The molecule has 1 aliphatic rings. The van der Waals surface area contributed by atoms with Crippen LogP contribution in [0, 0.1) is 5.92 Å². The van der Waals surface area contributed by atoms with E-state index in [4.69, 9.17) is 11.6 Å². The van der Waals surface area contributed by atoms with E-state index in [-0.39, 0.29) is 18.2 Å². The number of nitrogens with one attached hydrogen (secondary N) is 2. The summed E-state index contributed by atoms with van der Waals surface area (Å²) in [4.78, 5) is 30.5. The molecule has 1 unspecified atom stereocenters. The summed E-state index contributed by atoms with van der Waals surface area (Å²) in [6.45, 7) is 2.50. The smallest absolute Gasteiger partial charge is 0.229 e. The Morgan fingerprint density at radius 2 is 1.94 bits per heavy atom. The molecule has 5 nitrogen and oxygen atoms in total. The number of nitrogens with zero attached hydrogens (tertiary/aromatic N) is 1. The fraction of sp³-hybridized carbons (Fsp3) is 0.200. The van der Waals surface area contributed by atoms with E-state index in [0.29, 0.717) is 11.6 Å². The molecule has 1 atom stereocenters. The minimum Gasteiger partial charge on any atom is -0.354 e. The number of hydrogen-bond donors (Lipinski definition) is 2. The van der Waals surface area contributed by atoms with Crippen LogP contribution in [0.25, 0.3) is 21.8 Å². The Morgan fingerprint density at radius 3 is 2.71 bits per heavy atom. The molecule has 1 saturated heterocycles. The van der Waals surface area contributed by atoms with Crippen molar-refractivity contribution >= 4 is 56.6 Å². The van der Waals surface area contributed by atoms with Crippen molar-refractivity contribution in [2.75, 3.05) is 16.8 Å². The van der Waals surface area contributed by atoms with Crippen molar-refractivity contribution in [1.29, 1.82) is 0 Å². The maximum atomic E-state index is 12.9. The number of benzene rings is 3. The van der Waals surface area contributed by atoms with E-state index in [1.165, 1.54) is 10.9 Å². The number of carbonyl (C=O) groups is 2. The van der Waals surface area contributed by atoms with E-state index in [1.807, 2.05) is 18.2 Å². The molecule has 2 amide bonds.